The minimum atomic E-state index is -0.384. The number of likely N-dealkylation sites (tertiary alicyclic amines) is 1. The van der Waals surface area contributed by atoms with Crippen molar-refractivity contribution in [3.05, 3.63) is 28.5 Å². The summed E-state index contributed by atoms with van der Waals surface area (Å²) in [5.74, 6) is -0.0490. The molecule has 1 aliphatic heterocycles. The number of rotatable bonds is 3. The minimum absolute atomic E-state index is 0.0319. The fourth-order valence-corrected chi connectivity index (χ4v) is 2.44. The van der Waals surface area contributed by atoms with Crippen LogP contribution < -0.4 is 4.74 Å². The van der Waals surface area contributed by atoms with Crippen molar-refractivity contribution in [1.82, 2.24) is 4.90 Å². The van der Waals surface area contributed by atoms with Gasteiger partial charge in [-0.05, 0) is 31.4 Å². The first-order valence-corrected chi connectivity index (χ1v) is 6.81. The maximum absolute atomic E-state index is 13.1. The van der Waals surface area contributed by atoms with Gasteiger partial charge in [0.2, 0.25) is 0 Å². The van der Waals surface area contributed by atoms with E-state index in [1.54, 1.807) is 11.0 Å². The average molecular weight is 316 g/mol. The third-order valence-electron chi connectivity index (χ3n) is 2.91. The van der Waals surface area contributed by atoms with E-state index in [2.05, 4.69) is 15.9 Å². The zero-order chi connectivity index (χ0) is 13.0. The smallest absolute Gasteiger partial charge is 0.260 e. The van der Waals surface area contributed by atoms with E-state index in [1.807, 2.05) is 0 Å². The average Bonchev–Trinajstić information content (AvgIpc) is 2.36. The van der Waals surface area contributed by atoms with E-state index in [4.69, 9.17) is 4.74 Å². The quantitative estimate of drug-likeness (QED) is 0.858. The molecule has 0 radical (unpaired) electrons. The Balaban J connectivity index is 1.88. The van der Waals surface area contributed by atoms with Crippen molar-refractivity contribution >= 4 is 21.8 Å². The van der Waals surface area contributed by atoms with Crippen LogP contribution in [0, 0.1) is 5.82 Å². The largest absolute Gasteiger partial charge is 0.484 e. The maximum atomic E-state index is 13.1. The second kappa shape index (κ2) is 6.18. The van der Waals surface area contributed by atoms with Crippen molar-refractivity contribution in [1.29, 1.82) is 0 Å². The number of ether oxygens (including phenoxy) is 1. The number of halogens is 2. The molecular formula is C13H15BrFNO2. The molecule has 3 nitrogen and oxygen atoms in total. The molecule has 0 aromatic heterocycles. The van der Waals surface area contributed by atoms with Gasteiger partial charge in [-0.2, -0.15) is 0 Å². The van der Waals surface area contributed by atoms with Gasteiger partial charge < -0.3 is 9.64 Å². The van der Waals surface area contributed by atoms with Gasteiger partial charge in [0.25, 0.3) is 5.91 Å². The van der Waals surface area contributed by atoms with Crippen LogP contribution in [0.4, 0.5) is 4.39 Å². The lowest BCUT2D eigenvalue weighted by molar-refractivity contribution is -0.134. The van der Waals surface area contributed by atoms with E-state index in [0.29, 0.717) is 10.2 Å². The molecule has 98 valence electrons. The van der Waals surface area contributed by atoms with Gasteiger partial charge in [-0.15, -0.1) is 0 Å². The molecule has 1 fully saturated rings. The molecule has 2 rings (SSSR count). The molecule has 18 heavy (non-hydrogen) atoms. The summed E-state index contributed by atoms with van der Waals surface area (Å²) in [5.41, 5.74) is 0. The summed E-state index contributed by atoms with van der Waals surface area (Å²) in [6.45, 7) is 1.57. The predicted molar refractivity (Wildman–Crippen MR) is 70.0 cm³/mol. The Morgan fingerprint density at radius 1 is 1.28 bits per heavy atom. The van der Waals surface area contributed by atoms with Crippen LogP contribution >= 0.6 is 15.9 Å². The SMILES string of the molecule is O=C(COc1cc(F)cc(Br)c1)N1CCCCC1. The van der Waals surface area contributed by atoms with Crippen molar-refractivity contribution in [3.8, 4) is 5.75 Å². The fraction of sp³-hybridized carbons (Fsp3) is 0.462. The van der Waals surface area contributed by atoms with Gasteiger partial charge in [0.1, 0.15) is 11.6 Å². The van der Waals surface area contributed by atoms with E-state index in [1.165, 1.54) is 18.6 Å². The van der Waals surface area contributed by atoms with Gasteiger partial charge in [-0.1, -0.05) is 15.9 Å². The molecule has 1 amide bonds. The predicted octanol–water partition coefficient (Wildman–Crippen LogP) is 2.98. The number of carbonyl (C=O) groups excluding carboxylic acids is 1. The molecule has 1 saturated heterocycles. The Labute approximate surface area is 114 Å². The Morgan fingerprint density at radius 3 is 2.67 bits per heavy atom. The molecule has 0 spiro atoms. The van der Waals surface area contributed by atoms with Crippen LogP contribution in [-0.4, -0.2) is 30.5 Å². The van der Waals surface area contributed by atoms with Gasteiger partial charge >= 0.3 is 0 Å². The van der Waals surface area contributed by atoms with Crippen LogP contribution in [0.2, 0.25) is 0 Å². The summed E-state index contributed by atoms with van der Waals surface area (Å²) < 4.78 is 19.0. The lowest BCUT2D eigenvalue weighted by Crippen LogP contribution is -2.38. The maximum Gasteiger partial charge on any atom is 0.260 e. The molecule has 1 heterocycles. The van der Waals surface area contributed by atoms with Gasteiger partial charge in [-0.25, -0.2) is 4.39 Å². The first-order valence-electron chi connectivity index (χ1n) is 6.02. The Morgan fingerprint density at radius 2 is 2.00 bits per heavy atom. The van der Waals surface area contributed by atoms with Gasteiger partial charge in [-0.3, -0.25) is 4.79 Å². The van der Waals surface area contributed by atoms with Crippen molar-refractivity contribution in [3.63, 3.8) is 0 Å². The topological polar surface area (TPSA) is 29.5 Å². The van der Waals surface area contributed by atoms with Crippen LogP contribution in [0.15, 0.2) is 22.7 Å². The number of amides is 1. The summed E-state index contributed by atoms with van der Waals surface area (Å²) in [6, 6.07) is 4.26. The van der Waals surface area contributed by atoms with E-state index < -0.39 is 0 Å². The zero-order valence-corrected chi connectivity index (χ0v) is 11.6. The monoisotopic (exact) mass is 315 g/mol. The number of carbonyl (C=O) groups is 1. The highest BCUT2D eigenvalue weighted by Gasteiger charge is 2.16. The first-order chi connectivity index (χ1) is 8.65. The second-order valence-corrected chi connectivity index (χ2v) is 5.25. The van der Waals surface area contributed by atoms with Crippen molar-refractivity contribution in [2.75, 3.05) is 19.7 Å². The molecule has 1 aromatic rings. The molecule has 0 saturated carbocycles. The Bertz CT molecular complexity index is 413. The van der Waals surface area contributed by atoms with E-state index in [9.17, 15) is 9.18 Å². The number of benzene rings is 1. The van der Waals surface area contributed by atoms with Gasteiger partial charge in [0.05, 0.1) is 0 Å². The van der Waals surface area contributed by atoms with Crippen LogP contribution in [-0.2, 0) is 4.79 Å². The van der Waals surface area contributed by atoms with E-state index in [-0.39, 0.29) is 18.3 Å². The van der Waals surface area contributed by atoms with Crippen LogP contribution in [0.1, 0.15) is 19.3 Å². The number of piperidine rings is 1. The number of hydrogen-bond acceptors (Lipinski definition) is 2. The first kappa shape index (κ1) is 13.3. The van der Waals surface area contributed by atoms with Crippen LogP contribution in [0.3, 0.4) is 0 Å². The Hall–Kier alpha value is -1.10. The van der Waals surface area contributed by atoms with Crippen LogP contribution in [0.25, 0.3) is 0 Å². The lowest BCUT2D eigenvalue weighted by Gasteiger charge is -2.26. The van der Waals surface area contributed by atoms with Gasteiger partial charge in [0.15, 0.2) is 6.61 Å². The molecule has 0 atom stereocenters. The summed E-state index contributed by atoms with van der Waals surface area (Å²) in [5, 5.41) is 0. The zero-order valence-electron chi connectivity index (χ0n) is 9.99. The van der Waals surface area contributed by atoms with Gasteiger partial charge in [0, 0.05) is 23.6 Å². The Kier molecular flexibility index (Phi) is 4.58. The molecule has 1 aliphatic rings. The normalized spacial score (nSPS) is 15.6. The molecule has 0 N–H and O–H groups in total. The summed E-state index contributed by atoms with van der Waals surface area (Å²) in [4.78, 5) is 13.6. The third kappa shape index (κ3) is 3.70. The van der Waals surface area contributed by atoms with E-state index in [0.717, 1.165) is 25.9 Å². The number of nitrogens with zero attached hydrogens (tertiary/aromatic N) is 1. The second-order valence-electron chi connectivity index (χ2n) is 4.34. The van der Waals surface area contributed by atoms with Crippen molar-refractivity contribution in [2.24, 2.45) is 0 Å². The number of hydrogen-bond donors (Lipinski definition) is 0. The molecule has 1 aromatic carbocycles. The minimum Gasteiger partial charge on any atom is -0.484 e. The van der Waals surface area contributed by atoms with Crippen LogP contribution in [0.5, 0.6) is 5.75 Å². The highest BCUT2D eigenvalue weighted by molar-refractivity contribution is 9.10. The molecule has 5 heteroatoms. The molecular weight excluding hydrogens is 301 g/mol. The summed E-state index contributed by atoms with van der Waals surface area (Å²) in [7, 11) is 0. The summed E-state index contributed by atoms with van der Waals surface area (Å²) in [6.07, 6.45) is 3.29. The van der Waals surface area contributed by atoms with E-state index >= 15 is 0 Å². The fourth-order valence-electron chi connectivity index (χ4n) is 1.99. The lowest BCUT2D eigenvalue weighted by atomic mass is 10.1. The summed E-state index contributed by atoms with van der Waals surface area (Å²) >= 11 is 3.18. The molecule has 0 aliphatic carbocycles. The standard InChI is InChI=1S/C13H15BrFNO2/c14-10-6-11(15)8-12(7-10)18-9-13(17)16-4-2-1-3-5-16/h6-8H,1-5,9H2. The third-order valence-corrected chi connectivity index (χ3v) is 3.36. The van der Waals surface area contributed by atoms with Crippen molar-refractivity contribution < 1.29 is 13.9 Å². The molecule has 0 bridgehead atoms. The highest BCUT2D eigenvalue weighted by atomic mass is 79.9. The van der Waals surface area contributed by atoms with Crippen molar-refractivity contribution in [2.45, 2.75) is 19.3 Å². The highest BCUT2D eigenvalue weighted by Crippen LogP contribution is 2.20. The molecule has 0 unspecified atom stereocenters.